The molecule has 0 radical (unpaired) electrons. The number of rotatable bonds is 3. The van der Waals surface area contributed by atoms with Gasteiger partial charge in [-0.3, -0.25) is 0 Å². The van der Waals surface area contributed by atoms with E-state index in [1.165, 1.54) is 12.1 Å². The molecule has 1 nitrogen and oxygen atoms in total. The van der Waals surface area contributed by atoms with E-state index in [-0.39, 0.29) is 6.42 Å². The molecule has 2 aromatic rings. The summed E-state index contributed by atoms with van der Waals surface area (Å²) in [5.41, 5.74) is -0.113. The van der Waals surface area contributed by atoms with Gasteiger partial charge < -0.3 is 5.11 Å². The quantitative estimate of drug-likeness (QED) is 0.897. The number of aliphatic hydroxyl groups is 1. The second-order valence-electron chi connectivity index (χ2n) is 4.71. The van der Waals surface area contributed by atoms with Crippen LogP contribution in [0.25, 0.3) is 0 Å². The average Bonchev–Trinajstić information content (AvgIpc) is 2.26. The van der Waals surface area contributed by atoms with E-state index in [0.717, 1.165) is 10.5 Å². The molecule has 100 valence electrons. The third kappa shape index (κ3) is 3.39. The van der Waals surface area contributed by atoms with Gasteiger partial charge in [-0.2, -0.15) is 0 Å². The molecule has 19 heavy (non-hydrogen) atoms. The monoisotopic (exact) mass is 326 g/mol. The Morgan fingerprint density at radius 2 is 1.68 bits per heavy atom. The van der Waals surface area contributed by atoms with Crippen molar-refractivity contribution < 1.29 is 13.9 Å². The van der Waals surface area contributed by atoms with Crippen LogP contribution in [0.1, 0.15) is 18.1 Å². The predicted molar refractivity (Wildman–Crippen MR) is 73.8 cm³/mol. The molecule has 0 spiro atoms. The molecule has 4 heteroatoms. The molecular formula is C15H13BrF2O. The highest BCUT2D eigenvalue weighted by Crippen LogP contribution is 2.31. The molecule has 0 fully saturated rings. The summed E-state index contributed by atoms with van der Waals surface area (Å²) in [6.45, 7) is 1.62. The Hall–Kier alpha value is -1.26. The second kappa shape index (κ2) is 5.39. The molecule has 0 bridgehead atoms. The fourth-order valence-electron chi connectivity index (χ4n) is 2.10. The zero-order valence-corrected chi connectivity index (χ0v) is 11.9. The Morgan fingerprint density at radius 3 is 2.26 bits per heavy atom. The third-order valence-electron chi connectivity index (χ3n) is 2.92. The van der Waals surface area contributed by atoms with Crippen molar-refractivity contribution in [2.24, 2.45) is 0 Å². The normalized spacial score (nSPS) is 14.2. The van der Waals surface area contributed by atoms with E-state index >= 15 is 0 Å². The fourth-order valence-corrected chi connectivity index (χ4v) is 2.82. The molecule has 1 N–H and O–H groups in total. The van der Waals surface area contributed by atoms with Gasteiger partial charge in [-0.1, -0.05) is 34.1 Å². The molecule has 1 atom stereocenters. The van der Waals surface area contributed by atoms with Crippen LogP contribution in [0.15, 0.2) is 46.9 Å². The minimum Gasteiger partial charge on any atom is -0.385 e. The zero-order valence-electron chi connectivity index (χ0n) is 10.3. The maximum atomic E-state index is 13.2. The van der Waals surface area contributed by atoms with Crippen LogP contribution < -0.4 is 0 Å². The lowest BCUT2D eigenvalue weighted by Gasteiger charge is -2.25. The van der Waals surface area contributed by atoms with E-state index in [4.69, 9.17) is 0 Å². The summed E-state index contributed by atoms with van der Waals surface area (Å²) in [6.07, 6.45) is 0.129. The number of hydrogen-bond acceptors (Lipinski definition) is 1. The summed E-state index contributed by atoms with van der Waals surface area (Å²) < 4.78 is 27.1. The van der Waals surface area contributed by atoms with Crippen LogP contribution in [0.5, 0.6) is 0 Å². The molecule has 0 heterocycles. The van der Waals surface area contributed by atoms with Crippen LogP contribution in [0.4, 0.5) is 8.78 Å². The Bertz CT molecular complexity index is 576. The van der Waals surface area contributed by atoms with Crippen molar-refractivity contribution in [1.82, 2.24) is 0 Å². The largest absolute Gasteiger partial charge is 0.385 e. The maximum absolute atomic E-state index is 13.2. The first-order valence-electron chi connectivity index (χ1n) is 5.81. The molecule has 0 aliphatic carbocycles. The van der Waals surface area contributed by atoms with Crippen LogP contribution >= 0.6 is 15.9 Å². The van der Waals surface area contributed by atoms with Crippen LogP contribution in [0, 0.1) is 11.6 Å². The zero-order chi connectivity index (χ0) is 14.0. The Kier molecular flexibility index (Phi) is 4.02. The van der Waals surface area contributed by atoms with Crippen molar-refractivity contribution in [2.75, 3.05) is 0 Å². The molecule has 1 unspecified atom stereocenters. The second-order valence-corrected chi connectivity index (χ2v) is 5.56. The van der Waals surface area contributed by atoms with Crippen molar-refractivity contribution in [2.45, 2.75) is 18.9 Å². The molecule has 0 amide bonds. The third-order valence-corrected chi connectivity index (χ3v) is 3.62. The highest BCUT2D eigenvalue weighted by molar-refractivity contribution is 9.10. The first-order valence-corrected chi connectivity index (χ1v) is 6.60. The Labute approximate surface area is 119 Å². The van der Waals surface area contributed by atoms with Gasteiger partial charge in [-0.05, 0) is 36.2 Å². The van der Waals surface area contributed by atoms with Gasteiger partial charge in [-0.15, -0.1) is 0 Å². The Balaban J connectivity index is 2.33. The van der Waals surface area contributed by atoms with Gasteiger partial charge in [0.25, 0.3) is 0 Å². The van der Waals surface area contributed by atoms with E-state index in [1.807, 2.05) is 12.1 Å². The summed E-state index contributed by atoms with van der Waals surface area (Å²) in [5.74, 6) is -1.28. The SMILES string of the molecule is CC(O)(Cc1cc(F)cc(F)c1)c1ccccc1Br. The first-order chi connectivity index (χ1) is 8.88. The highest BCUT2D eigenvalue weighted by Gasteiger charge is 2.26. The molecule has 0 saturated heterocycles. The maximum Gasteiger partial charge on any atom is 0.126 e. The highest BCUT2D eigenvalue weighted by atomic mass is 79.9. The van der Waals surface area contributed by atoms with Gasteiger partial charge >= 0.3 is 0 Å². The van der Waals surface area contributed by atoms with Gasteiger partial charge in [0, 0.05) is 17.0 Å². The minimum absolute atomic E-state index is 0.129. The van der Waals surface area contributed by atoms with Crippen molar-refractivity contribution in [3.63, 3.8) is 0 Å². The molecule has 0 aliphatic heterocycles. The van der Waals surface area contributed by atoms with E-state index in [9.17, 15) is 13.9 Å². The van der Waals surface area contributed by atoms with Crippen LogP contribution in [0.3, 0.4) is 0 Å². The van der Waals surface area contributed by atoms with Crippen LogP contribution in [-0.2, 0) is 12.0 Å². The minimum atomic E-state index is -1.21. The van der Waals surface area contributed by atoms with Crippen molar-refractivity contribution in [3.8, 4) is 0 Å². The van der Waals surface area contributed by atoms with Gasteiger partial charge in [-0.25, -0.2) is 8.78 Å². The number of halogens is 3. The number of hydrogen-bond donors (Lipinski definition) is 1. The van der Waals surface area contributed by atoms with Crippen molar-refractivity contribution >= 4 is 15.9 Å². The summed E-state index contributed by atoms with van der Waals surface area (Å²) in [4.78, 5) is 0. The topological polar surface area (TPSA) is 20.2 Å². The molecule has 0 aliphatic rings. The van der Waals surface area contributed by atoms with E-state index in [1.54, 1.807) is 19.1 Å². The summed E-state index contributed by atoms with van der Waals surface area (Å²) in [7, 11) is 0. The molecule has 2 rings (SSSR count). The Morgan fingerprint density at radius 1 is 1.11 bits per heavy atom. The summed E-state index contributed by atoms with van der Waals surface area (Å²) in [5, 5.41) is 10.5. The lowest BCUT2D eigenvalue weighted by Crippen LogP contribution is -2.25. The first kappa shape index (κ1) is 14.2. The van der Waals surface area contributed by atoms with E-state index in [2.05, 4.69) is 15.9 Å². The van der Waals surface area contributed by atoms with E-state index < -0.39 is 17.2 Å². The molecule has 0 saturated carbocycles. The smallest absolute Gasteiger partial charge is 0.126 e. The lowest BCUT2D eigenvalue weighted by atomic mass is 9.89. The van der Waals surface area contributed by atoms with Gasteiger partial charge in [0.2, 0.25) is 0 Å². The summed E-state index contributed by atoms with van der Waals surface area (Å²) in [6, 6.07) is 10.5. The lowest BCUT2D eigenvalue weighted by molar-refractivity contribution is 0.0567. The standard InChI is InChI=1S/C15H13BrF2O/c1-15(19,13-4-2-3-5-14(13)16)9-10-6-11(17)8-12(18)7-10/h2-8,19H,9H2,1H3. The molecular weight excluding hydrogens is 314 g/mol. The molecule has 0 aromatic heterocycles. The van der Waals surface area contributed by atoms with Gasteiger partial charge in [0.15, 0.2) is 0 Å². The molecule has 2 aromatic carbocycles. The van der Waals surface area contributed by atoms with Crippen LogP contribution in [0.2, 0.25) is 0 Å². The number of benzene rings is 2. The fraction of sp³-hybridized carbons (Fsp3) is 0.200. The van der Waals surface area contributed by atoms with Crippen molar-refractivity contribution in [1.29, 1.82) is 0 Å². The average molecular weight is 327 g/mol. The van der Waals surface area contributed by atoms with Crippen LogP contribution in [-0.4, -0.2) is 5.11 Å². The summed E-state index contributed by atoms with van der Waals surface area (Å²) >= 11 is 3.37. The predicted octanol–water partition coefficient (Wildman–Crippen LogP) is 4.18. The van der Waals surface area contributed by atoms with Crippen molar-refractivity contribution in [3.05, 3.63) is 69.7 Å². The van der Waals surface area contributed by atoms with E-state index in [0.29, 0.717) is 11.1 Å². The van der Waals surface area contributed by atoms with Gasteiger partial charge in [0.05, 0.1) is 5.60 Å². The van der Waals surface area contributed by atoms with Gasteiger partial charge in [0.1, 0.15) is 11.6 Å².